The first kappa shape index (κ1) is 12.0. The Hall–Kier alpha value is -0.0800. The Balaban J connectivity index is 2.47. The van der Waals surface area contributed by atoms with Gasteiger partial charge in [-0.15, -0.1) is 0 Å². The van der Waals surface area contributed by atoms with Gasteiger partial charge in [-0.05, 0) is 32.2 Å². The highest BCUT2D eigenvalue weighted by Crippen LogP contribution is 2.38. The van der Waals surface area contributed by atoms with Crippen molar-refractivity contribution in [2.75, 3.05) is 20.3 Å². The fourth-order valence-corrected chi connectivity index (χ4v) is 2.58. The lowest BCUT2D eigenvalue weighted by Crippen LogP contribution is -2.46. The second kappa shape index (κ2) is 5.72. The molecule has 0 spiro atoms. The maximum atomic E-state index is 5.54. The Labute approximate surface area is 88.4 Å². The Morgan fingerprint density at radius 2 is 1.93 bits per heavy atom. The van der Waals surface area contributed by atoms with E-state index in [4.69, 9.17) is 4.74 Å². The fraction of sp³-hybridized carbons (Fsp3) is 1.00. The summed E-state index contributed by atoms with van der Waals surface area (Å²) in [6, 6.07) is 0.530. The topological polar surface area (TPSA) is 21.3 Å². The smallest absolute Gasteiger partial charge is 0.0624 e. The lowest BCUT2D eigenvalue weighted by atomic mass is 9.71. The first-order chi connectivity index (χ1) is 6.73. The van der Waals surface area contributed by atoms with Crippen LogP contribution in [0.1, 0.15) is 46.0 Å². The van der Waals surface area contributed by atoms with Gasteiger partial charge in [0.05, 0.1) is 6.61 Å². The molecule has 1 saturated carbocycles. The van der Waals surface area contributed by atoms with Crippen LogP contribution < -0.4 is 5.32 Å². The molecular weight excluding hydrogens is 174 g/mol. The third-order valence-electron chi connectivity index (χ3n) is 3.67. The van der Waals surface area contributed by atoms with Crippen LogP contribution in [0.5, 0.6) is 0 Å². The highest BCUT2D eigenvalue weighted by atomic mass is 16.5. The molecule has 2 nitrogen and oxygen atoms in total. The molecular formula is C12H25NO. The van der Waals surface area contributed by atoms with Gasteiger partial charge in [-0.1, -0.05) is 26.2 Å². The van der Waals surface area contributed by atoms with Crippen molar-refractivity contribution in [3.63, 3.8) is 0 Å². The Bertz CT molecular complexity index is 152. The standard InChI is InChI=1S/C12H25NO/c1-4-14-10-11(13-3)12(2)8-6-5-7-9-12/h11,13H,4-10H2,1-3H3. The second-order valence-electron chi connectivity index (χ2n) is 4.72. The molecule has 0 amide bonds. The normalized spacial score (nSPS) is 23.4. The summed E-state index contributed by atoms with van der Waals surface area (Å²) in [5.74, 6) is 0. The van der Waals surface area contributed by atoms with E-state index in [1.54, 1.807) is 0 Å². The summed E-state index contributed by atoms with van der Waals surface area (Å²) in [6.07, 6.45) is 6.90. The molecule has 2 heteroatoms. The van der Waals surface area contributed by atoms with Gasteiger partial charge in [-0.2, -0.15) is 0 Å². The molecule has 0 heterocycles. The number of likely N-dealkylation sites (N-methyl/N-ethyl adjacent to an activating group) is 1. The van der Waals surface area contributed by atoms with Crippen LogP contribution in [-0.4, -0.2) is 26.3 Å². The van der Waals surface area contributed by atoms with E-state index in [9.17, 15) is 0 Å². The predicted octanol–water partition coefficient (Wildman–Crippen LogP) is 2.58. The number of hydrogen-bond donors (Lipinski definition) is 1. The number of ether oxygens (including phenoxy) is 1. The zero-order valence-corrected chi connectivity index (χ0v) is 9.94. The van der Waals surface area contributed by atoms with E-state index in [1.165, 1.54) is 32.1 Å². The van der Waals surface area contributed by atoms with Crippen LogP contribution in [0.25, 0.3) is 0 Å². The van der Waals surface area contributed by atoms with Gasteiger partial charge < -0.3 is 10.1 Å². The maximum absolute atomic E-state index is 5.54. The number of nitrogens with one attached hydrogen (secondary N) is 1. The predicted molar refractivity (Wildman–Crippen MR) is 60.5 cm³/mol. The largest absolute Gasteiger partial charge is 0.380 e. The van der Waals surface area contributed by atoms with Crippen molar-refractivity contribution in [3.8, 4) is 0 Å². The summed E-state index contributed by atoms with van der Waals surface area (Å²) in [5, 5.41) is 3.42. The molecule has 14 heavy (non-hydrogen) atoms. The minimum Gasteiger partial charge on any atom is -0.380 e. The molecule has 1 unspecified atom stereocenters. The molecule has 1 atom stereocenters. The van der Waals surface area contributed by atoms with Crippen LogP contribution in [0, 0.1) is 5.41 Å². The molecule has 1 aliphatic rings. The van der Waals surface area contributed by atoms with E-state index >= 15 is 0 Å². The minimum atomic E-state index is 0.460. The van der Waals surface area contributed by atoms with Gasteiger partial charge in [0.1, 0.15) is 0 Å². The molecule has 1 rings (SSSR count). The van der Waals surface area contributed by atoms with E-state index in [0.717, 1.165) is 13.2 Å². The van der Waals surface area contributed by atoms with Crippen LogP contribution in [0.2, 0.25) is 0 Å². The highest BCUT2D eigenvalue weighted by Gasteiger charge is 2.34. The molecule has 84 valence electrons. The van der Waals surface area contributed by atoms with Gasteiger partial charge >= 0.3 is 0 Å². The van der Waals surface area contributed by atoms with Crippen molar-refractivity contribution >= 4 is 0 Å². The lowest BCUT2D eigenvalue weighted by Gasteiger charge is -2.40. The monoisotopic (exact) mass is 199 g/mol. The number of hydrogen-bond acceptors (Lipinski definition) is 2. The van der Waals surface area contributed by atoms with Crippen molar-refractivity contribution < 1.29 is 4.74 Å². The zero-order valence-electron chi connectivity index (χ0n) is 9.94. The van der Waals surface area contributed by atoms with E-state index < -0.39 is 0 Å². The van der Waals surface area contributed by atoms with E-state index in [2.05, 4.69) is 26.2 Å². The third kappa shape index (κ3) is 2.96. The van der Waals surface area contributed by atoms with Gasteiger partial charge in [0.15, 0.2) is 0 Å². The van der Waals surface area contributed by atoms with E-state index in [1.807, 2.05) is 0 Å². The second-order valence-corrected chi connectivity index (χ2v) is 4.72. The van der Waals surface area contributed by atoms with Crippen molar-refractivity contribution in [1.29, 1.82) is 0 Å². The quantitative estimate of drug-likeness (QED) is 0.735. The van der Waals surface area contributed by atoms with Gasteiger partial charge in [0.25, 0.3) is 0 Å². The van der Waals surface area contributed by atoms with Gasteiger partial charge in [0, 0.05) is 12.6 Å². The summed E-state index contributed by atoms with van der Waals surface area (Å²) in [4.78, 5) is 0. The average molecular weight is 199 g/mol. The summed E-state index contributed by atoms with van der Waals surface area (Å²) in [6.45, 7) is 6.17. The van der Waals surface area contributed by atoms with Crippen LogP contribution in [0.15, 0.2) is 0 Å². The Kier molecular flexibility index (Phi) is 4.90. The molecule has 0 bridgehead atoms. The summed E-state index contributed by atoms with van der Waals surface area (Å²) >= 11 is 0. The molecule has 1 aliphatic carbocycles. The number of rotatable bonds is 5. The lowest BCUT2D eigenvalue weighted by molar-refractivity contribution is 0.0536. The van der Waals surface area contributed by atoms with Gasteiger partial charge in [-0.3, -0.25) is 0 Å². The fourth-order valence-electron chi connectivity index (χ4n) is 2.58. The van der Waals surface area contributed by atoms with Crippen LogP contribution in [0.4, 0.5) is 0 Å². The van der Waals surface area contributed by atoms with E-state index in [0.29, 0.717) is 11.5 Å². The van der Waals surface area contributed by atoms with Crippen molar-refractivity contribution in [1.82, 2.24) is 5.32 Å². The molecule has 0 aromatic carbocycles. The molecule has 0 aliphatic heterocycles. The first-order valence-electron chi connectivity index (χ1n) is 5.98. The van der Waals surface area contributed by atoms with E-state index in [-0.39, 0.29) is 0 Å². The van der Waals surface area contributed by atoms with Crippen LogP contribution >= 0.6 is 0 Å². The van der Waals surface area contributed by atoms with Gasteiger partial charge in [0.2, 0.25) is 0 Å². The highest BCUT2D eigenvalue weighted by molar-refractivity contribution is 4.89. The van der Waals surface area contributed by atoms with Crippen LogP contribution in [-0.2, 0) is 4.74 Å². The molecule has 0 aromatic heterocycles. The molecule has 0 aromatic rings. The molecule has 1 N–H and O–H groups in total. The Morgan fingerprint density at radius 1 is 1.29 bits per heavy atom. The van der Waals surface area contributed by atoms with Crippen molar-refractivity contribution in [2.45, 2.75) is 52.0 Å². The minimum absolute atomic E-state index is 0.460. The zero-order chi connectivity index (χ0) is 10.4. The summed E-state index contributed by atoms with van der Waals surface area (Å²) in [7, 11) is 2.06. The maximum Gasteiger partial charge on any atom is 0.0624 e. The van der Waals surface area contributed by atoms with Gasteiger partial charge in [-0.25, -0.2) is 0 Å². The third-order valence-corrected chi connectivity index (χ3v) is 3.67. The molecule has 0 saturated heterocycles. The van der Waals surface area contributed by atoms with Crippen molar-refractivity contribution in [3.05, 3.63) is 0 Å². The Morgan fingerprint density at radius 3 is 2.43 bits per heavy atom. The first-order valence-corrected chi connectivity index (χ1v) is 5.98. The molecule has 0 radical (unpaired) electrons. The van der Waals surface area contributed by atoms with Crippen LogP contribution in [0.3, 0.4) is 0 Å². The summed E-state index contributed by atoms with van der Waals surface area (Å²) < 4.78 is 5.54. The molecule has 1 fully saturated rings. The average Bonchev–Trinajstić information content (AvgIpc) is 2.20. The van der Waals surface area contributed by atoms with Crippen molar-refractivity contribution in [2.24, 2.45) is 5.41 Å². The SMILES string of the molecule is CCOCC(NC)C1(C)CCCCC1. The summed E-state index contributed by atoms with van der Waals surface area (Å²) in [5.41, 5.74) is 0.460.